The van der Waals surface area contributed by atoms with E-state index in [9.17, 15) is 0 Å². The van der Waals surface area contributed by atoms with Crippen molar-refractivity contribution in [3.63, 3.8) is 0 Å². The van der Waals surface area contributed by atoms with Gasteiger partial charge in [-0.1, -0.05) is 0 Å². The molecule has 6 nitrogen and oxygen atoms in total. The van der Waals surface area contributed by atoms with E-state index in [0.29, 0.717) is 0 Å². The lowest BCUT2D eigenvalue weighted by Crippen LogP contribution is -2.04. The molecule has 0 bridgehead atoms. The van der Waals surface area contributed by atoms with E-state index in [0.717, 1.165) is 17.7 Å². The molecule has 0 radical (unpaired) electrons. The molecule has 2 saturated carbocycles. The summed E-state index contributed by atoms with van der Waals surface area (Å²) < 4.78 is 6.25. The molecule has 0 aliphatic heterocycles. The average molecular weight is 395 g/mol. The van der Waals surface area contributed by atoms with Gasteiger partial charge in [0, 0.05) is 51.1 Å². The Morgan fingerprint density at radius 1 is 0.793 bits per heavy atom. The third-order valence-corrected chi connectivity index (χ3v) is 6.07. The summed E-state index contributed by atoms with van der Waals surface area (Å²) in [6.45, 7) is 2.05. The fourth-order valence-corrected chi connectivity index (χ4v) is 3.80. The van der Waals surface area contributed by atoms with Gasteiger partial charge in [-0.15, -0.1) is 0 Å². The molecule has 6 rings (SSSR count). The Balaban J connectivity index is 0.000000106. The molecule has 0 saturated heterocycles. The topological polar surface area (TPSA) is 53.5 Å². The van der Waals surface area contributed by atoms with E-state index in [1.807, 2.05) is 38.2 Å². The Morgan fingerprint density at radius 3 is 2.03 bits per heavy atom. The van der Waals surface area contributed by atoms with Crippen molar-refractivity contribution >= 4 is 0 Å². The van der Waals surface area contributed by atoms with Gasteiger partial charge in [-0.3, -0.25) is 0 Å². The maximum Gasteiger partial charge on any atom is 0.105 e. The summed E-state index contributed by atoms with van der Waals surface area (Å²) in [5.41, 5.74) is 5.34. The molecule has 0 N–H and O–H groups in total. The molecule has 3 aliphatic carbocycles. The highest BCUT2D eigenvalue weighted by molar-refractivity contribution is 5.16. The molecule has 0 aromatic carbocycles. The Morgan fingerprint density at radius 2 is 1.48 bits per heavy atom. The molecule has 3 aromatic rings. The second-order valence-corrected chi connectivity index (χ2v) is 8.79. The van der Waals surface area contributed by atoms with Crippen LogP contribution in [0.1, 0.15) is 79.0 Å². The summed E-state index contributed by atoms with van der Waals surface area (Å²) in [4.78, 5) is 13.0. The van der Waals surface area contributed by atoms with Crippen molar-refractivity contribution in [2.24, 2.45) is 21.1 Å². The molecule has 2 fully saturated rings. The van der Waals surface area contributed by atoms with Gasteiger partial charge in [0.1, 0.15) is 5.82 Å². The lowest BCUT2D eigenvalue weighted by atomic mass is 10.0. The first-order valence-electron chi connectivity index (χ1n) is 11.0. The maximum atomic E-state index is 4.44. The predicted molar refractivity (Wildman–Crippen MR) is 115 cm³/mol. The van der Waals surface area contributed by atoms with Gasteiger partial charge in [-0.25, -0.2) is 15.0 Å². The molecule has 3 aromatic heterocycles. The zero-order chi connectivity index (χ0) is 20.4. The smallest absolute Gasteiger partial charge is 0.105 e. The molecule has 3 aliphatic rings. The van der Waals surface area contributed by atoms with Crippen molar-refractivity contribution in [1.29, 1.82) is 0 Å². The Hall–Kier alpha value is -2.37. The van der Waals surface area contributed by atoms with Crippen LogP contribution in [-0.2, 0) is 34.0 Å². The van der Waals surface area contributed by atoms with Crippen LogP contribution in [0.15, 0.2) is 25.0 Å². The van der Waals surface area contributed by atoms with E-state index in [-0.39, 0.29) is 0 Å². The molecule has 6 heteroatoms. The summed E-state index contributed by atoms with van der Waals surface area (Å²) in [5, 5.41) is 0. The first-order chi connectivity index (χ1) is 14.0. The van der Waals surface area contributed by atoms with Crippen LogP contribution in [0.3, 0.4) is 0 Å². The fourth-order valence-electron chi connectivity index (χ4n) is 3.80. The lowest BCUT2D eigenvalue weighted by Gasteiger charge is -2.10. The van der Waals surface area contributed by atoms with Gasteiger partial charge in [0.15, 0.2) is 0 Å². The van der Waals surface area contributed by atoms with Gasteiger partial charge in [0.25, 0.3) is 0 Å². The standard InChI is InChI=1S/2C8H12N2.C7H10N2/c1-6-9-8(5-10(6)2)7-3-4-7;1-10-6-9-7-4-2-3-5-8(7)10;1-9-4-7(8-5-9)6-2-3-6/h5,7H,3-4H2,1-2H3;6H,2-5H2,1H3;4-6H,2-3H2,1H3. The number of nitrogens with zero attached hydrogens (tertiary/aromatic N) is 6. The highest BCUT2D eigenvalue weighted by Gasteiger charge is 2.26. The number of hydrogen-bond donors (Lipinski definition) is 0. The van der Waals surface area contributed by atoms with Gasteiger partial charge in [-0.2, -0.15) is 0 Å². The average Bonchev–Trinajstić information content (AvgIpc) is 3.64. The van der Waals surface area contributed by atoms with Gasteiger partial charge in [-0.05, 0) is 58.3 Å². The third kappa shape index (κ3) is 5.17. The molecule has 156 valence electrons. The van der Waals surface area contributed by atoms with Crippen molar-refractivity contribution in [3.8, 4) is 0 Å². The minimum absolute atomic E-state index is 0.792. The third-order valence-electron chi connectivity index (χ3n) is 6.07. The van der Waals surface area contributed by atoms with Crippen LogP contribution < -0.4 is 0 Å². The summed E-state index contributed by atoms with van der Waals surface area (Å²) in [6.07, 6.45) is 18.5. The van der Waals surface area contributed by atoms with E-state index >= 15 is 0 Å². The van der Waals surface area contributed by atoms with E-state index < -0.39 is 0 Å². The second-order valence-electron chi connectivity index (χ2n) is 8.79. The minimum atomic E-state index is 0.792. The van der Waals surface area contributed by atoms with Crippen LogP contribution in [0, 0.1) is 6.92 Å². The normalized spacial score (nSPS) is 17.7. The monoisotopic (exact) mass is 394 g/mol. The van der Waals surface area contributed by atoms with Crippen LogP contribution in [0.5, 0.6) is 0 Å². The zero-order valence-corrected chi connectivity index (χ0v) is 18.3. The maximum absolute atomic E-state index is 4.44. The molecular weight excluding hydrogens is 360 g/mol. The summed E-state index contributed by atoms with van der Waals surface area (Å²) in [6, 6.07) is 0. The molecule has 3 heterocycles. The molecule has 0 amide bonds. The summed E-state index contributed by atoms with van der Waals surface area (Å²) >= 11 is 0. The quantitative estimate of drug-likeness (QED) is 0.654. The van der Waals surface area contributed by atoms with Crippen molar-refractivity contribution in [2.75, 3.05) is 0 Å². The first-order valence-corrected chi connectivity index (χ1v) is 11.0. The highest BCUT2D eigenvalue weighted by atomic mass is 15.0. The summed E-state index contributed by atoms with van der Waals surface area (Å²) in [7, 11) is 6.14. The number of aryl methyl sites for hydroxylation is 5. The van der Waals surface area contributed by atoms with Crippen molar-refractivity contribution < 1.29 is 0 Å². The Labute approximate surface area is 174 Å². The number of hydrogen-bond acceptors (Lipinski definition) is 3. The number of fused-ring (bicyclic) bond motifs is 1. The van der Waals surface area contributed by atoms with Crippen LogP contribution in [0.4, 0.5) is 0 Å². The SMILES string of the molecule is Cc1nc(C2CC2)cn1C.Cn1cnc(C2CC2)c1.Cn1cnc2c1CCCC2. The molecular formula is C23H34N6. The molecule has 0 unspecified atom stereocenters. The molecule has 0 spiro atoms. The summed E-state index contributed by atoms with van der Waals surface area (Å²) in [5.74, 6) is 2.72. The number of aromatic nitrogens is 6. The molecule has 29 heavy (non-hydrogen) atoms. The van der Waals surface area contributed by atoms with E-state index in [2.05, 4.69) is 43.5 Å². The van der Waals surface area contributed by atoms with Crippen molar-refractivity contribution in [1.82, 2.24) is 28.7 Å². The van der Waals surface area contributed by atoms with E-state index in [1.54, 1.807) is 0 Å². The number of imidazole rings is 3. The van der Waals surface area contributed by atoms with Crippen LogP contribution in [0.2, 0.25) is 0 Å². The van der Waals surface area contributed by atoms with Crippen LogP contribution >= 0.6 is 0 Å². The van der Waals surface area contributed by atoms with Crippen LogP contribution in [0.25, 0.3) is 0 Å². The van der Waals surface area contributed by atoms with Crippen molar-refractivity contribution in [2.45, 2.75) is 70.1 Å². The van der Waals surface area contributed by atoms with Gasteiger partial charge in [0.05, 0.1) is 29.7 Å². The Bertz CT molecular complexity index is 919. The van der Waals surface area contributed by atoms with Gasteiger partial charge >= 0.3 is 0 Å². The van der Waals surface area contributed by atoms with Crippen molar-refractivity contribution in [3.05, 3.63) is 53.6 Å². The highest BCUT2D eigenvalue weighted by Crippen LogP contribution is 2.39. The fraction of sp³-hybridized carbons (Fsp3) is 0.609. The van der Waals surface area contributed by atoms with E-state index in [1.165, 1.54) is 74.1 Å². The van der Waals surface area contributed by atoms with E-state index in [4.69, 9.17) is 0 Å². The Kier molecular flexibility index (Phi) is 5.88. The van der Waals surface area contributed by atoms with Gasteiger partial charge < -0.3 is 13.7 Å². The van der Waals surface area contributed by atoms with Crippen LogP contribution in [-0.4, -0.2) is 28.7 Å². The first kappa shape index (κ1) is 19.9. The number of rotatable bonds is 2. The van der Waals surface area contributed by atoms with Gasteiger partial charge in [0.2, 0.25) is 0 Å². The second kappa shape index (κ2) is 8.56. The molecule has 0 atom stereocenters. The predicted octanol–water partition coefficient (Wildman–Crippen LogP) is 4.20. The lowest BCUT2D eigenvalue weighted by molar-refractivity contribution is 0.643. The minimum Gasteiger partial charge on any atom is -0.340 e. The largest absolute Gasteiger partial charge is 0.340 e. The zero-order valence-electron chi connectivity index (χ0n) is 18.3.